The number of nitrogens with zero attached hydrogens (tertiary/aromatic N) is 1. The number of aromatic nitrogens is 1. The standard InChI is InChI=1S/C6H4F2NO.ClH.Mg/c7-6(8)10-5-3-1-2-4-9-5;;/h1,3-4,6H;1H;/q;;+1/p-1. The maximum Gasteiger partial charge on any atom is -1.00 e. The van der Waals surface area contributed by atoms with Gasteiger partial charge in [0.2, 0.25) is 0 Å². The molecule has 0 aromatic carbocycles. The fraction of sp³-hybridized carbons (Fsp3) is 0.167. The van der Waals surface area contributed by atoms with Gasteiger partial charge in [0.1, 0.15) is 0 Å². The molecule has 0 bridgehead atoms. The number of alkyl halides is 2. The van der Waals surface area contributed by atoms with Crippen molar-refractivity contribution in [1.29, 1.82) is 0 Å². The van der Waals surface area contributed by atoms with Crippen molar-refractivity contribution in [3.63, 3.8) is 0 Å². The molecule has 2 nitrogen and oxygen atoms in total. The predicted molar refractivity (Wildman–Crippen MR) is 36.3 cm³/mol. The second kappa shape index (κ2) is 5.50. The van der Waals surface area contributed by atoms with E-state index in [2.05, 4.69) is 9.72 Å². The Balaban J connectivity index is 0.00000121. The molecule has 0 aliphatic carbocycles. The first-order valence-electron chi connectivity index (χ1n) is 2.91. The van der Waals surface area contributed by atoms with E-state index < -0.39 is 6.61 Å². The summed E-state index contributed by atoms with van der Waals surface area (Å²) in [6.07, 6.45) is 1.48. The summed E-state index contributed by atoms with van der Waals surface area (Å²) in [5.74, 6) is -0.0459. The Labute approximate surface area is 87.2 Å². The van der Waals surface area contributed by atoms with Crippen LogP contribution in [0.15, 0.2) is 18.3 Å². The van der Waals surface area contributed by atoms with Crippen LogP contribution in [0, 0.1) is 0 Å². The largest absolute Gasteiger partial charge is 1.00 e. The van der Waals surface area contributed by atoms with E-state index in [0.717, 1.165) is 3.69 Å². The Morgan fingerprint density at radius 3 is 2.50 bits per heavy atom. The van der Waals surface area contributed by atoms with Crippen LogP contribution < -0.4 is 20.8 Å². The van der Waals surface area contributed by atoms with E-state index in [1.54, 1.807) is 27.8 Å². The summed E-state index contributed by atoms with van der Waals surface area (Å²) in [5.41, 5.74) is 0. The molecule has 0 amide bonds. The molecule has 6 heteroatoms. The molecule has 0 radical (unpaired) electrons. The van der Waals surface area contributed by atoms with Gasteiger partial charge in [0.25, 0.3) is 0 Å². The molecule has 0 N–H and O–H groups in total. The van der Waals surface area contributed by atoms with Crippen LogP contribution in [-0.4, -0.2) is 33.3 Å². The number of pyridine rings is 1. The first kappa shape index (κ1) is 11.9. The van der Waals surface area contributed by atoms with Crippen LogP contribution in [0.4, 0.5) is 8.78 Å². The molecular weight excluding hydrogens is 200 g/mol. The Morgan fingerprint density at radius 2 is 2.08 bits per heavy atom. The predicted octanol–water partition coefficient (Wildman–Crippen LogP) is -2.52. The van der Waals surface area contributed by atoms with Crippen molar-refractivity contribution in [2.45, 2.75) is 6.61 Å². The SMILES string of the molecule is FC(F)Oc1cc[c]([Mg+])cn1.[Cl-]. The van der Waals surface area contributed by atoms with Crippen LogP contribution in [0.3, 0.4) is 0 Å². The Hall–Kier alpha value is -0.134. The topological polar surface area (TPSA) is 22.1 Å². The van der Waals surface area contributed by atoms with Gasteiger partial charge in [-0.05, 0) is 0 Å². The van der Waals surface area contributed by atoms with Gasteiger partial charge in [0.05, 0.1) is 0 Å². The number of hydrogen-bond donors (Lipinski definition) is 0. The van der Waals surface area contributed by atoms with Crippen LogP contribution in [0.25, 0.3) is 0 Å². The van der Waals surface area contributed by atoms with Crippen molar-refractivity contribution in [2.75, 3.05) is 0 Å². The van der Waals surface area contributed by atoms with E-state index in [9.17, 15) is 8.78 Å². The van der Waals surface area contributed by atoms with Gasteiger partial charge < -0.3 is 12.4 Å². The second-order valence-corrected chi connectivity index (χ2v) is 2.70. The van der Waals surface area contributed by atoms with Crippen molar-refractivity contribution in [1.82, 2.24) is 4.98 Å². The van der Waals surface area contributed by atoms with Crippen LogP contribution >= 0.6 is 0 Å². The summed E-state index contributed by atoms with van der Waals surface area (Å²) in [5, 5.41) is 0. The zero-order chi connectivity index (χ0) is 8.27. The normalized spacial score (nSPS) is 9.42. The van der Waals surface area contributed by atoms with Crippen molar-refractivity contribution in [3.05, 3.63) is 18.3 Å². The van der Waals surface area contributed by atoms with Gasteiger partial charge in [-0.2, -0.15) is 0 Å². The van der Waals surface area contributed by atoms with Crippen molar-refractivity contribution < 1.29 is 25.9 Å². The molecule has 0 atom stereocenters. The summed E-state index contributed by atoms with van der Waals surface area (Å²) < 4.78 is 28.1. The zero-order valence-corrected chi connectivity index (χ0v) is 8.18. The summed E-state index contributed by atoms with van der Waals surface area (Å²) in [4.78, 5) is 3.62. The van der Waals surface area contributed by atoms with Gasteiger partial charge in [-0.15, -0.1) is 0 Å². The van der Waals surface area contributed by atoms with Gasteiger partial charge in [-0.1, -0.05) is 0 Å². The zero-order valence-electron chi connectivity index (χ0n) is 6.01. The third-order valence-electron chi connectivity index (χ3n) is 1.01. The third kappa shape index (κ3) is 4.03. The van der Waals surface area contributed by atoms with E-state index in [1.807, 2.05) is 0 Å². The minimum Gasteiger partial charge on any atom is -1.00 e. The molecule has 0 spiro atoms. The monoisotopic (exact) mass is 203 g/mol. The van der Waals surface area contributed by atoms with E-state index in [4.69, 9.17) is 0 Å². The third-order valence-corrected chi connectivity index (χ3v) is 1.43. The minimum atomic E-state index is -2.80. The molecule has 0 saturated heterocycles. The molecule has 62 valence electrons. The van der Waals surface area contributed by atoms with Crippen LogP contribution in [-0.2, 0) is 0 Å². The Bertz CT molecular complexity index is 231. The molecule has 1 rings (SSSR count). The van der Waals surface area contributed by atoms with Gasteiger partial charge in [0.15, 0.2) is 0 Å². The Kier molecular flexibility index (Phi) is 5.44. The van der Waals surface area contributed by atoms with Crippen LogP contribution in [0.1, 0.15) is 0 Å². The molecular formula is C6H4ClF2MgNO. The summed E-state index contributed by atoms with van der Waals surface area (Å²) in [6.45, 7) is -2.80. The second-order valence-electron chi connectivity index (χ2n) is 1.88. The van der Waals surface area contributed by atoms with Crippen LogP contribution in [0.2, 0.25) is 0 Å². The first-order valence-corrected chi connectivity index (χ1v) is 3.62. The molecule has 0 unspecified atom stereocenters. The minimum absolute atomic E-state index is 0. The molecule has 1 aromatic heterocycles. The average molecular weight is 204 g/mol. The van der Waals surface area contributed by atoms with Gasteiger partial charge in [0, 0.05) is 0 Å². The number of halogens is 3. The van der Waals surface area contributed by atoms with E-state index in [1.165, 1.54) is 12.3 Å². The summed E-state index contributed by atoms with van der Waals surface area (Å²) >= 11 is 1.63. The Morgan fingerprint density at radius 1 is 1.42 bits per heavy atom. The van der Waals surface area contributed by atoms with Gasteiger partial charge >= 0.3 is 74.7 Å². The molecule has 1 aromatic rings. The average Bonchev–Trinajstić information content (AvgIpc) is 1.93. The molecule has 0 fully saturated rings. The number of ether oxygens (including phenoxy) is 1. The van der Waals surface area contributed by atoms with Crippen molar-refractivity contribution in [2.24, 2.45) is 0 Å². The van der Waals surface area contributed by atoms with Gasteiger partial charge in [-0.3, -0.25) is 0 Å². The molecule has 12 heavy (non-hydrogen) atoms. The smallest absolute Gasteiger partial charge is 1.00 e. The molecule has 0 saturated carbocycles. The van der Waals surface area contributed by atoms with Crippen LogP contribution in [0.5, 0.6) is 5.88 Å². The van der Waals surface area contributed by atoms with Crippen molar-refractivity contribution in [3.8, 4) is 5.88 Å². The fourth-order valence-corrected chi connectivity index (χ4v) is 0.781. The number of hydrogen-bond acceptors (Lipinski definition) is 2. The maximum atomic E-state index is 11.6. The maximum absolute atomic E-state index is 11.6. The fourth-order valence-electron chi connectivity index (χ4n) is 0.572. The molecule has 1 heterocycles. The molecule has 0 aliphatic heterocycles. The van der Waals surface area contributed by atoms with Crippen molar-refractivity contribution >= 4 is 25.4 Å². The van der Waals surface area contributed by atoms with E-state index in [0.29, 0.717) is 0 Å². The van der Waals surface area contributed by atoms with E-state index >= 15 is 0 Å². The van der Waals surface area contributed by atoms with E-state index in [-0.39, 0.29) is 18.3 Å². The summed E-state index contributed by atoms with van der Waals surface area (Å²) in [7, 11) is 0. The first-order chi connectivity index (χ1) is 5.18. The van der Waals surface area contributed by atoms with Gasteiger partial charge in [-0.25, -0.2) is 0 Å². The summed E-state index contributed by atoms with van der Waals surface area (Å²) in [6, 6.07) is 3.08. The molecule has 0 aliphatic rings. The quantitative estimate of drug-likeness (QED) is 0.496. The number of rotatable bonds is 2.